The number of nitrogens with one attached hydrogen (secondary N) is 2. The van der Waals surface area contributed by atoms with E-state index < -0.39 is 5.82 Å². The standard InChI is InChI=1S/C25H20FN3/c1-16-6-5-7-20(12-16)29-25(18-10-11-19(14-27)23(26)13-18)17(2)22-15-28-24-9-4-3-8-21(22)24/h3-13,15,25,28-29H,2H2,1H3. The molecule has 4 aromatic rings. The van der Waals surface area contributed by atoms with Crippen molar-refractivity contribution in [2.45, 2.75) is 13.0 Å². The van der Waals surface area contributed by atoms with Crippen molar-refractivity contribution >= 4 is 22.2 Å². The first-order valence-corrected chi connectivity index (χ1v) is 9.35. The van der Waals surface area contributed by atoms with E-state index in [0.29, 0.717) is 5.56 Å². The summed E-state index contributed by atoms with van der Waals surface area (Å²) in [4.78, 5) is 3.27. The maximum absolute atomic E-state index is 14.4. The van der Waals surface area contributed by atoms with Crippen LogP contribution in [0.1, 0.15) is 28.3 Å². The molecule has 3 nitrogen and oxygen atoms in total. The first kappa shape index (κ1) is 18.5. The van der Waals surface area contributed by atoms with Crippen LogP contribution in [0.25, 0.3) is 16.5 Å². The third kappa shape index (κ3) is 3.63. The Kier molecular flexibility index (Phi) is 4.88. The van der Waals surface area contributed by atoms with E-state index in [2.05, 4.69) is 16.9 Å². The van der Waals surface area contributed by atoms with Crippen LogP contribution in [0.3, 0.4) is 0 Å². The van der Waals surface area contributed by atoms with Gasteiger partial charge in [-0.2, -0.15) is 5.26 Å². The lowest BCUT2D eigenvalue weighted by molar-refractivity contribution is 0.621. The second-order valence-electron chi connectivity index (χ2n) is 7.07. The lowest BCUT2D eigenvalue weighted by Gasteiger charge is -2.23. The molecule has 0 aliphatic carbocycles. The highest BCUT2D eigenvalue weighted by molar-refractivity contribution is 5.94. The molecule has 4 heteroatoms. The Balaban J connectivity index is 1.80. The summed E-state index contributed by atoms with van der Waals surface area (Å²) in [5.41, 5.74) is 5.57. The summed E-state index contributed by atoms with van der Waals surface area (Å²) in [5.74, 6) is -0.534. The Morgan fingerprint density at radius 1 is 1.10 bits per heavy atom. The minimum Gasteiger partial charge on any atom is -0.374 e. The van der Waals surface area contributed by atoms with Crippen LogP contribution in [0, 0.1) is 24.1 Å². The zero-order chi connectivity index (χ0) is 20.4. The smallest absolute Gasteiger partial charge is 0.141 e. The number of aromatic amines is 1. The highest BCUT2D eigenvalue weighted by Gasteiger charge is 2.20. The molecule has 0 saturated heterocycles. The van der Waals surface area contributed by atoms with Gasteiger partial charge in [-0.3, -0.25) is 0 Å². The maximum Gasteiger partial charge on any atom is 0.141 e. The van der Waals surface area contributed by atoms with Gasteiger partial charge in [0.2, 0.25) is 0 Å². The van der Waals surface area contributed by atoms with Crippen LogP contribution < -0.4 is 5.32 Å². The summed E-state index contributed by atoms with van der Waals surface area (Å²) in [7, 11) is 0. The number of hydrogen-bond donors (Lipinski definition) is 2. The van der Waals surface area contributed by atoms with E-state index in [-0.39, 0.29) is 11.6 Å². The van der Waals surface area contributed by atoms with Gasteiger partial charge in [-0.25, -0.2) is 4.39 Å². The number of aromatic nitrogens is 1. The van der Waals surface area contributed by atoms with Crippen molar-refractivity contribution in [3.63, 3.8) is 0 Å². The molecule has 0 aliphatic heterocycles. The third-order valence-electron chi connectivity index (χ3n) is 5.06. The second kappa shape index (κ2) is 7.65. The fourth-order valence-corrected chi connectivity index (χ4v) is 3.57. The largest absolute Gasteiger partial charge is 0.374 e. The summed E-state index contributed by atoms with van der Waals surface area (Å²) in [5, 5.41) is 13.6. The van der Waals surface area contributed by atoms with Crippen molar-refractivity contribution in [3.05, 3.63) is 108 Å². The lowest BCUT2D eigenvalue weighted by atomic mass is 9.92. The van der Waals surface area contributed by atoms with Crippen LogP contribution in [-0.4, -0.2) is 4.98 Å². The van der Waals surface area contributed by atoms with Gasteiger partial charge in [-0.1, -0.05) is 43.0 Å². The predicted molar refractivity (Wildman–Crippen MR) is 116 cm³/mol. The molecule has 0 amide bonds. The molecule has 29 heavy (non-hydrogen) atoms. The molecule has 142 valence electrons. The molecule has 0 bridgehead atoms. The second-order valence-corrected chi connectivity index (χ2v) is 7.07. The van der Waals surface area contributed by atoms with Crippen molar-refractivity contribution in [2.75, 3.05) is 5.32 Å². The van der Waals surface area contributed by atoms with E-state index in [1.165, 1.54) is 12.1 Å². The summed E-state index contributed by atoms with van der Waals surface area (Å²) in [6.07, 6.45) is 1.93. The van der Waals surface area contributed by atoms with Crippen LogP contribution in [0.5, 0.6) is 0 Å². The number of benzene rings is 3. The molecule has 0 fully saturated rings. The molecule has 1 unspecified atom stereocenters. The van der Waals surface area contributed by atoms with Gasteiger partial charge in [0.05, 0.1) is 11.6 Å². The Morgan fingerprint density at radius 2 is 1.93 bits per heavy atom. The van der Waals surface area contributed by atoms with Crippen LogP contribution >= 0.6 is 0 Å². The van der Waals surface area contributed by atoms with E-state index in [1.54, 1.807) is 6.07 Å². The number of rotatable bonds is 5. The van der Waals surface area contributed by atoms with Crippen molar-refractivity contribution in [1.29, 1.82) is 5.26 Å². The summed E-state index contributed by atoms with van der Waals surface area (Å²) >= 11 is 0. The van der Waals surface area contributed by atoms with E-state index in [1.807, 2.05) is 67.7 Å². The van der Waals surface area contributed by atoms with Crippen LogP contribution in [0.2, 0.25) is 0 Å². The minimum atomic E-state index is -0.534. The fourth-order valence-electron chi connectivity index (χ4n) is 3.57. The normalized spacial score (nSPS) is 11.8. The fraction of sp³-hybridized carbons (Fsp3) is 0.0800. The molecule has 0 spiro atoms. The van der Waals surface area contributed by atoms with Gasteiger partial charge < -0.3 is 10.3 Å². The molecule has 1 atom stereocenters. The van der Waals surface area contributed by atoms with Crippen LogP contribution in [-0.2, 0) is 0 Å². The van der Waals surface area contributed by atoms with Crippen LogP contribution in [0.4, 0.5) is 10.1 Å². The maximum atomic E-state index is 14.4. The average Bonchev–Trinajstić information content (AvgIpc) is 3.16. The quantitative estimate of drug-likeness (QED) is 0.423. The number of nitriles is 1. The number of hydrogen-bond acceptors (Lipinski definition) is 2. The predicted octanol–water partition coefficient (Wildman–Crippen LogP) is 6.35. The Hall–Kier alpha value is -3.84. The van der Waals surface area contributed by atoms with E-state index >= 15 is 0 Å². The molecule has 1 aromatic heterocycles. The van der Waals surface area contributed by atoms with E-state index in [0.717, 1.165) is 33.3 Å². The highest BCUT2D eigenvalue weighted by atomic mass is 19.1. The van der Waals surface area contributed by atoms with Gasteiger partial charge in [-0.05, 0) is 54.0 Å². The number of nitrogens with zero attached hydrogens (tertiary/aromatic N) is 1. The van der Waals surface area contributed by atoms with Gasteiger partial charge in [-0.15, -0.1) is 0 Å². The van der Waals surface area contributed by atoms with Gasteiger partial charge >= 0.3 is 0 Å². The number of aryl methyl sites for hydroxylation is 1. The van der Waals surface area contributed by atoms with Crippen LogP contribution in [0.15, 0.2) is 79.5 Å². The van der Waals surface area contributed by atoms with E-state index in [9.17, 15) is 4.39 Å². The molecule has 3 aromatic carbocycles. The minimum absolute atomic E-state index is 0.0285. The Labute approximate surface area is 169 Å². The topological polar surface area (TPSA) is 51.6 Å². The molecule has 0 saturated carbocycles. The van der Waals surface area contributed by atoms with Crippen molar-refractivity contribution in [3.8, 4) is 6.07 Å². The number of H-pyrrole nitrogens is 1. The number of fused-ring (bicyclic) bond motifs is 1. The molecular weight excluding hydrogens is 361 g/mol. The average molecular weight is 381 g/mol. The molecule has 2 N–H and O–H groups in total. The third-order valence-corrected chi connectivity index (χ3v) is 5.06. The monoisotopic (exact) mass is 381 g/mol. The summed E-state index contributed by atoms with van der Waals surface area (Å²) < 4.78 is 14.4. The van der Waals surface area contributed by atoms with Crippen molar-refractivity contribution in [2.24, 2.45) is 0 Å². The van der Waals surface area contributed by atoms with Crippen molar-refractivity contribution < 1.29 is 4.39 Å². The zero-order valence-electron chi connectivity index (χ0n) is 16.0. The molecule has 1 heterocycles. The molecule has 0 radical (unpaired) electrons. The first-order valence-electron chi connectivity index (χ1n) is 9.35. The van der Waals surface area contributed by atoms with Gasteiger partial charge in [0, 0.05) is 28.4 Å². The highest BCUT2D eigenvalue weighted by Crippen LogP contribution is 2.36. The number of anilines is 1. The SMILES string of the molecule is C=C(c1c[nH]c2ccccc12)C(Nc1cccc(C)c1)c1ccc(C#N)c(F)c1. The molecule has 4 rings (SSSR count). The summed E-state index contributed by atoms with van der Waals surface area (Å²) in [6.45, 7) is 6.37. The Morgan fingerprint density at radius 3 is 2.69 bits per heavy atom. The van der Waals surface area contributed by atoms with E-state index in [4.69, 9.17) is 5.26 Å². The van der Waals surface area contributed by atoms with Gasteiger partial charge in [0.1, 0.15) is 11.9 Å². The molecule has 0 aliphatic rings. The first-order chi connectivity index (χ1) is 14.1. The lowest BCUT2D eigenvalue weighted by Crippen LogP contribution is -2.13. The van der Waals surface area contributed by atoms with Gasteiger partial charge in [0.15, 0.2) is 0 Å². The van der Waals surface area contributed by atoms with Crippen molar-refractivity contribution in [1.82, 2.24) is 4.98 Å². The summed E-state index contributed by atoms with van der Waals surface area (Å²) in [6, 6.07) is 22.2. The number of para-hydroxylation sites is 1. The zero-order valence-corrected chi connectivity index (χ0v) is 16.0. The van der Waals surface area contributed by atoms with Gasteiger partial charge in [0.25, 0.3) is 0 Å². The Bertz CT molecular complexity index is 1250. The number of halogens is 1. The molecular formula is C25H20FN3.